The molecule has 13 heavy (non-hydrogen) atoms. The van der Waals surface area contributed by atoms with Crippen LogP contribution >= 0.6 is 0 Å². The van der Waals surface area contributed by atoms with Gasteiger partial charge in [0.2, 0.25) is 0 Å². The highest BCUT2D eigenvalue weighted by atomic mass is 32.2. The zero-order valence-corrected chi connectivity index (χ0v) is 8.81. The van der Waals surface area contributed by atoms with E-state index in [2.05, 4.69) is 11.0 Å². The lowest BCUT2D eigenvalue weighted by Gasteiger charge is -2.26. The van der Waals surface area contributed by atoms with Gasteiger partial charge in [-0.05, 0) is 19.3 Å². The molecule has 0 aromatic rings. The van der Waals surface area contributed by atoms with Crippen LogP contribution in [0.2, 0.25) is 0 Å². The maximum absolute atomic E-state index is 11.1. The highest BCUT2D eigenvalue weighted by Crippen LogP contribution is 2.24. The van der Waals surface area contributed by atoms with Gasteiger partial charge in [0.1, 0.15) is 0 Å². The molecule has 0 spiro atoms. The van der Waals surface area contributed by atoms with E-state index >= 15 is 0 Å². The van der Waals surface area contributed by atoms with Crippen LogP contribution in [0, 0.1) is 0 Å². The van der Waals surface area contributed by atoms with Crippen molar-refractivity contribution in [1.29, 1.82) is 0 Å². The molecule has 2 fully saturated rings. The molecule has 0 unspecified atom stereocenters. The molecule has 3 heteroatoms. The van der Waals surface area contributed by atoms with Crippen LogP contribution in [0.25, 0.3) is 0 Å². The van der Waals surface area contributed by atoms with Gasteiger partial charge in [0, 0.05) is 41.9 Å². The molecule has 2 nitrogen and oxygen atoms in total. The van der Waals surface area contributed by atoms with E-state index in [-0.39, 0.29) is 0 Å². The lowest BCUT2D eigenvalue weighted by Crippen LogP contribution is -2.37. The summed E-state index contributed by atoms with van der Waals surface area (Å²) in [6.45, 7) is 3.14. The third kappa shape index (κ3) is 2.64. The van der Waals surface area contributed by atoms with Crippen molar-refractivity contribution in [3.63, 3.8) is 0 Å². The van der Waals surface area contributed by atoms with Gasteiger partial charge < -0.3 is 0 Å². The first-order valence-corrected chi connectivity index (χ1v) is 6.58. The number of rotatable bonds is 2. The van der Waals surface area contributed by atoms with Crippen molar-refractivity contribution in [2.75, 3.05) is 31.1 Å². The second kappa shape index (κ2) is 4.38. The van der Waals surface area contributed by atoms with Gasteiger partial charge in [-0.15, -0.1) is 0 Å². The van der Waals surface area contributed by atoms with E-state index in [4.69, 9.17) is 0 Å². The molecule has 0 atom stereocenters. The van der Waals surface area contributed by atoms with Crippen molar-refractivity contribution in [2.45, 2.75) is 19.3 Å². The van der Waals surface area contributed by atoms with Crippen molar-refractivity contribution in [1.82, 2.24) is 4.90 Å². The van der Waals surface area contributed by atoms with Crippen LogP contribution in [-0.4, -0.2) is 40.2 Å². The fourth-order valence-corrected chi connectivity index (χ4v) is 2.83. The maximum atomic E-state index is 11.1. The summed E-state index contributed by atoms with van der Waals surface area (Å²) < 4.78 is 11.1. The molecule has 0 radical (unpaired) electrons. The molecule has 1 aliphatic heterocycles. The van der Waals surface area contributed by atoms with Gasteiger partial charge in [-0.2, -0.15) is 0 Å². The minimum Gasteiger partial charge on any atom is -0.298 e. The molecule has 0 aromatic heterocycles. The first-order chi connectivity index (χ1) is 6.34. The third-order valence-corrected chi connectivity index (χ3v) is 4.18. The van der Waals surface area contributed by atoms with E-state index in [1.165, 1.54) is 19.3 Å². The van der Waals surface area contributed by atoms with Crippen molar-refractivity contribution in [2.24, 2.45) is 0 Å². The molecule has 1 aliphatic carbocycles. The highest BCUT2D eigenvalue weighted by molar-refractivity contribution is 7.85. The Labute approximate surface area is 82.5 Å². The molecule has 74 valence electrons. The molecule has 1 heterocycles. The van der Waals surface area contributed by atoms with E-state index in [1.54, 1.807) is 5.57 Å². The summed E-state index contributed by atoms with van der Waals surface area (Å²) >= 11 is 0. The van der Waals surface area contributed by atoms with Crippen LogP contribution in [0.3, 0.4) is 0 Å². The number of nitrogens with zero attached hydrogens (tertiary/aromatic N) is 1. The van der Waals surface area contributed by atoms with E-state index in [9.17, 15) is 4.21 Å². The van der Waals surface area contributed by atoms with Gasteiger partial charge >= 0.3 is 0 Å². The Morgan fingerprint density at radius 2 is 2.00 bits per heavy atom. The predicted molar refractivity (Wildman–Crippen MR) is 56.3 cm³/mol. The van der Waals surface area contributed by atoms with Gasteiger partial charge in [-0.3, -0.25) is 9.11 Å². The van der Waals surface area contributed by atoms with Gasteiger partial charge in [0.05, 0.1) is 0 Å². The second-order valence-electron chi connectivity index (χ2n) is 3.86. The Morgan fingerprint density at radius 3 is 2.54 bits per heavy atom. The highest BCUT2D eigenvalue weighted by Gasteiger charge is 2.14. The Balaban J connectivity index is 1.72. The number of allylic oxidation sites excluding steroid dienone is 1. The number of hydrogen-bond acceptors (Lipinski definition) is 2. The summed E-state index contributed by atoms with van der Waals surface area (Å²) in [5.41, 5.74) is 1.63. The molecule has 2 aliphatic rings. The van der Waals surface area contributed by atoms with Crippen molar-refractivity contribution < 1.29 is 4.21 Å². The normalized spacial score (nSPS) is 25.7. The van der Waals surface area contributed by atoms with E-state index in [0.29, 0.717) is 0 Å². The molecular weight excluding hydrogens is 182 g/mol. The molecule has 0 aromatic carbocycles. The van der Waals surface area contributed by atoms with Crippen LogP contribution in [-0.2, 0) is 10.8 Å². The summed E-state index contributed by atoms with van der Waals surface area (Å²) in [4.78, 5) is 2.41. The minimum atomic E-state index is -0.525. The molecule has 0 N–H and O–H groups in total. The van der Waals surface area contributed by atoms with Crippen LogP contribution in [0.4, 0.5) is 0 Å². The average molecular weight is 199 g/mol. The van der Waals surface area contributed by atoms with Gasteiger partial charge in [-0.1, -0.05) is 11.6 Å². The molecule has 0 bridgehead atoms. The van der Waals surface area contributed by atoms with Gasteiger partial charge in [0.25, 0.3) is 0 Å². The van der Waals surface area contributed by atoms with Crippen LogP contribution in [0.1, 0.15) is 19.3 Å². The minimum absolute atomic E-state index is 0.525. The average Bonchev–Trinajstić information content (AvgIpc) is 2.05. The Hall–Kier alpha value is -0.150. The lowest BCUT2D eigenvalue weighted by molar-refractivity contribution is 0.330. The SMILES string of the molecule is O=S1CCN(CC=C2CCC2)CC1. The summed E-state index contributed by atoms with van der Waals surface area (Å²) in [5.74, 6) is 1.76. The number of hydrogen-bond donors (Lipinski definition) is 0. The standard InChI is InChI=1S/C10H17NOS/c12-13-8-6-11(7-9-13)5-4-10-2-1-3-10/h4H,1-3,5-9H2. The van der Waals surface area contributed by atoms with Crippen LogP contribution < -0.4 is 0 Å². The van der Waals surface area contributed by atoms with Crippen molar-refractivity contribution >= 4 is 10.8 Å². The Kier molecular flexibility index (Phi) is 3.17. The summed E-state index contributed by atoms with van der Waals surface area (Å²) in [7, 11) is -0.525. The van der Waals surface area contributed by atoms with Crippen molar-refractivity contribution in [3.8, 4) is 0 Å². The van der Waals surface area contributed by atoms with Crippen LogP contribution in [0.5, 0.6) is 0 Å². The molecule has 1 saturated carbocycles. The first-order valence-electron chi connectivity index (χ1n) is 5.10. The van der Waals surface area contributed by atoms with E-state index in [0.717, 1.165) is 31.1 Å². The second-order valence-corrected chi connectivity index (χ2v) is 5.56. The summed E-state index contributed by atoms with van der Waals surface area (Å²) in [5, 5.41) is 0. The molecular formula is C10H17NOS. The first kappa shape index (κ1) is 9.41. The Morgan fingerprint density at radius 1 is 1.31 bits per heavy atom. The lowest BCUT2D eigenvalue weighted by atomic mass is 9.92. The molecule has 2 rings (SSSR count). The van der Waals surface area contributed by atoms with E-state index in [1.807, 2.05) is 0 Å². The Bertz CT molecular complexity index is 221. The monoisotopic (exact) mass is 199 g/mol. The zero-order valence-electron chi connectivity index (χ0n) is 8.00. The fraction of sp³-hybridized carbons (Fsp3) is 0.800. The smallest absolute Gasteiger partial charge is 0.0363 e. The quantitative estimate of drug-likeness (QED) is 0.622. The van der Waals surface area contributed by atoms with Crippen molar-refractivity contribution in [3.05, 3.63) is 11.6 Å². The third-order valence-electron chi connectivity index (χ3n) is 2.90. The summed E-state index contributed by atoms with van der Waals surface area (Å²) in [6.07, 6.45) is 6.40. The topological polar surface area (TPSA) is 20.3 Å². The molecule has 0 amide bonds. The molecule has 1 saturated heterocycles. The fourth-order valence-electron chi connectivity index (χ4n) is 1.70. The zero-order chi connectivity index (χ0) is 9.10. The predicted octanol–water partition coefficient (Wildman–Crippen LogP) is 1.16. The van der Waals surface area contributed by atoms with Gasteiger partial charge in [-0.25, -0.2) is 0 Å². The van der Waals surface area contributed by atoms with E-state index < -0.39 is 10.8 Å². The van der Waals surface area contributed by atoms with Gasteiger partial charge in [0.15, 0.2) is 0 Å². The maximum Gasteiger partial charge on any atom is 0.0363 e. The summed E-state index contributed by atoms with van der Waals surface area (Å²) in [6, 6.07) is 0. The largest absolute Gasteiger partial charge is 0.298 e. The van der Waals surface area contributed by atoms with Crippen LogP contribution in [0.15, 0.2) is 11.6 Å².